The molecular weight excluding hydrogens is 344 g/mol. The maximum absolute atomic E-state index is 10.7. The summed E-state index contributed by atoms with van der Waals surface area (Å²) in [5.74, 6) is 0.803. The van der Waals surface area contributed by atoms with E-state index in [1.165, 1.54) is 6.07 Å². The highest BCUT2D eigenvalue weighted by atomic mass is 16.6. The number of fused-ring (bicyclic) bond motifs is 1. The molecule has 3 aromatic rings. The van der Waals surface area contributed by atoms with Crippen LogP contribution in [0.1, 0.15) is 11.3 Å². The number of anilines is 1. The van der Waals surface area contributed by atoms with E-state index >= 15 is 0 Å². The van der Waals surface area contributed by atoms with Gasteiger partial charge in [-0.3, -0.25) is 4.98 Å². The van der Waals surface area contributed by atoms with Gasteiger partial charge in [0.1, 0.15) is 13.2 Å². The maximum Gasteiger partial charge on any atom is 0.169 e. The average molecular weight is 364 g/mol. The van der Waals surface area contributed by atoms with E-state index in [0.717, 1.165) is 11.3 Å². The van der Waals surface area contributed by atoms with Crippen LogP contribution < -0.4 is 14.8 Å². The molecule has 0 bridgehead atoms. The molecule has 0 fully saturated rings. The van der Waals surface area contributed by atoms with Crippen LogP contribution in [0.25, 0.3) is 11.1 Å². The number of aromatic hydroxyl groups is 2. The number of phenols is 2. The van der Waals surface area contributed by atoms with Crippen molar-refractivity contribution < 1.29 is 19.7 Å². The van der Waals surface area contributed by atoms with Gasteiger partial charge in [0.2, 0.25) is 0 Å². The lowest BCUT2D eigenvalue weighted by molar-refractivity contribution is 0.172. The van der Waals surface area contributed by atoms with Gasteiger partial charge in [0.05, 0.1) is 17.8 Å². The van der Waals surface area contributed by atoms with Crippen LogP contribution in [0.2, 0.25) is 0 Å². The molecule has 2 heterocycles. The number of aryl methyl sites for hydroxylation is 1. The number of hydrogen-bond acceptors (Lipinski definition) is 6. The van der Waals surface area contributed by atoms with Gasteiger partial charge in [0, 0.05) is 17.4 Å². The molecule has 6 nitrogen and oxygen atoms in total. The highest BCUT2D eigenvalue weighted by Crippen LogP contribution is 2.50. The zero-order valence-electron chi connectivity index (χ0n) is 14.9. The van der Waals surface area contributed by atoms with Crippen molar-refractivity contribution in [3.05, 3.63) is 59.9 Å². The predicted molar refractivity (Wildman–Crippen MR) is 102 cm³/mol. The molecule has 4 rings (SSSR count). The lowest BCUT2D eigenvalue weighted by Crippen LogP contribution is -2.16. The van der Waals surface area contributed by atoms with Gasteiger partial charge in [0.15, 0.2) is 23.0 Å². The van der Waals surface area contributed by atoms with Crippen molar-refractivity contribution in [3.63, 3.8) is 0 Å². The molecule has 0 unspecified atom stereocenters. The van der Waals surface area contributed by atoms with Crippen molar-refractivity contribution >= 4 is 5.69 Å². The zero-order chi connectivity index (χ0) is 18.8. The van der Waals surface area contributed by atoms with Gasteiger partial charge in [-0.1, -0.05) is 12.1 Å². The smallest absolute Gasteiger partial charge is 0.169 e. The number of rotatable bonds is 4. The number of hydrogen-bond donors (Lipinski definition) is 3. The molecule has 0 saturated heterocycles. The van der Waals surface area contributed by atoms with Crippen LogP contribution in [0.4, 0.5) is 5.69 Å². The van der Waals surface area contributed by atoms with Gasteiger partial charge in [0.25, 0.3) is 0 Å². The highest BCUT2D eigenvalue weighted by Gasteiger charge is 2.24. The summed E-state index contributed by atoms with van der Waals surface area (Å²) in [6.07, 6.45) is 1.73. The van der Waals surface area contributed by atoms with Crippen LogP contribution >= 0.6 is 0 Å². The summed E-state index contributed by atoms with van der Waals surface area (Å²) in [6, 6.07) is 12.7. The quantitative estimate of drug-likeness (QED) is 0.482. The van der Waals surface area contributed by atoms with Gasteiger partial charge in [-0.25, -0.2) is 0 Å². The molecule has 27 heavy (non-hydrogen) atoms. The van der Waals surface area contributed by atoms with Crippen molar-refractivity contribution in [2.45, 2.75) is 13.5 Å². The summed E-state index contributed by atoms with van der Waals surface area (Å²) in [7, 11) is 0. The molecular formula is C21H20N2O4. The molecule has 0 spiro atoms. The largest absolute Gasteiger partial charge is 0.504 e. The number of nitrogens with one attached hydrogen (secondary N) is 1. The molecule has 138 valence electrons. The minimum absolute atomic E-state index is 0.192. The van der Waals surface area contributed by atoms with Crippen LogP contribution in [0, 0.1) is 6.92 Å². The minimum Gasteiger partial charge on any atom is -0.504 e. The van der Waals surface area contributed by atoms with E-state index in [4.69, 9.17) is 9.47 Å². The summed E-state index contributed by atoms with van der Waals surface area (Å²) >= 11 is 0. The van der Waals surface area contributed by atoms with E-state index in [0.29, 0.717) is 48.1 Å². The number of benzene rings is 2. The topological polar surface area (TPSA) is 83.8 Å². The third-order valence-electron chi connectivity index (χ3n) is 4.51. The fourth-order valence-corrected chi connectivity index (χ4v) is 3.19. The first kappa shape index (κ1) is 17.0. The molecule has 1 aliphatic heterocycles. The SMILES string of the molecule is Cc1ccc2c(c1-c1c(NCc3ccccn3)ccc(O)c1O)OCCO2. The number of nitrogens with zero attached hydrogens (tertiary/aromatic N) is 1. The first-order chi connectivity index (χ1) is 13.1. The molecule has 0 amide bonds. The van der Waals surface area contributed by atoms with E-state index in [1.54, 1.807) is 12.3 Å². The number of ether oxygens (including phenoxy) is 2. The zero-order valence-corrected chi connectivity index (χ0v) is 14.9. The Morgan fingerprint density at radius 2 is 1.85 bits per heavy atom. The average Bonchev–Trinajstić information content (AvgIpc) is 2.70. The normalized spacial score (nSPS) is 12.6. The summed E-state index contributed by atoms with van der Waals surface area (Å²) in [5, 5.41) is 24.1. The predicted octanol–water partition coefficient (Wildman–Crippen LogP) is 3.85. The van der Waals surface area contributed by atoms with E-state index in [1.807, 2.05) is 37.3 Å². The Hall–Kier alpha value is -3.41. The van der Waals surface area contributed by atoms with Crippen LogP contribution in [0.15, 0.2) is 48.7 Å². The van der Waals surface area contributed by atoms with Gasteiger partial charge < -0.3 is 25.0 Å². The number of pyridine rings is 1. The fourth-order valence-electron chi connectivity index (χ4n) is 3.19. The lowest BCUT2D eigenvalue weighted by Gasteiger charge is -2.24. The molecule has 1 aromatic heterocycles. The van der Waals surface area contributed by atoms with Crippen LogP contribution in [-0.2, 0) is 6.54 Å². The van der Waals surface area contributed by atoms with Gasteiger partial charge in [-0.15, -0.1) is 0 Å². The van der Waals surface area contributed by atoms with Crippen molar-refractivity contribution in [2.75, 3.05) is 18.5 Å². The maximum atomic E-state index is 10.7. The van der Waals surface area contributed by atoms with Gasteiger partial charge in [-0.2, -0.15) is 0 Å². The first-order valence-corrected chi connectivity index (χ1v) is 8.73. The Balaban J connectivity index is 1.82. The molecule has 0 aliphatic carbocycles. The molecule has 0 atom stereocenters. The van der Waals surface area contributed by atoms with Crippen molar-refractivity contribution in [1.29, 1.82) is 0 Å². The van der Waals surface area contributed by atoms with E-state index < -0.39 is 0 Å². The van der Waals surface area contributed by atoms with Crippen LogP contribution in [0.3, 0.4) is 0 Å². The highest BCUT2D eigenvalue weighted by molar-refractivity contribution is 5.91. The second-order valence-corrected chi connectivity index (χ2v) is 6.31. The molecule has 2 aromatic carbocycles. The second kappa shape index (κ2) is 7.07. The monoisotopic (exact) mass is 364 g/mol. The van der Waals surface area contributed by atoms with Crippen molar-refractivity contribution in [2.24, 2.45) is 0 Å². The third-order valence-corrected chi connectivity index (χ3v) is 4.51. The van der Waals surface area contributed by atoms with Crippen LogP contribution in [-0.4, -0.2) is 28.4 Å². The fraction of sp³-hybridized carbons (Fsp3) is 0.190. The summed E-state index contributed by atoms with van der Waals surface area (Å²) < 4.78 is 11.5. The molecule has 0 saturated carbocycles. The Labute approximate surface area is 157 Å². The third kappa shape index (κ3) is 3.21. The van der Waals surface area contributed by atoms with Gasteiger partial charge >= 0.3 is 0 Å². The first-order valence-electron chi connectivity index (χ1n) is 8.73. The van der Waals surface area contributed by atoms with Crippen molar-refractivity contribution in [3.8, 4) is 34.1 Å². The molecule has 0 radical (unpaired) electrons. The van der Waals surface area contributed by atoms with E-state index in [-0.39, 0.29) is 11.5 Å². The Morgan fingerprint density at radius 3 is 2.67 bits per heavy atom. The lowest BCUT2D eigenvalue weighted by atomic mass is 9.95. The number of phenolic OH excluding ortho intramolecular Hbond substituents is 2. The van der Waals surface area contributed by atoms with Crippen LogP contribution in [0.5, 0.6) is 23.0 Å². The Kier molecular flexibility index (Phi) is 4.46. The molecule has 6 heteroatoms. The molecule has 1 aliphatic rings. The minimum atomic E-state index is -0.202. The standard InChI is InChI=1S/C21H20N2O4/c1-13-5-8-17-21(27-11-10-26-17)18(13)19-15(6-7-16(24)20(19)25)23-12-14-4-2-3-9-22-14/h2-9,23-25H,10-12H2,1H3. The van der Waals surface area contributed by atoms with E-state index in [9.17, 15) is 10.2 Å². The van der Waals surface area contributed by atoms with Gasteiger partial charge in [-0.05, 0) is 42.8 Å². The summed E-state index contributed by atoms with van der Waals surface area (Å²) in [5.41, 5.74) is 3.61. The Bertz CT molecular complexity index is 974. The molecule has 3 N–H and O–H groups in total. The summed E-state index contributed by atoms with van der Waals surface area (Å²) in [4.78, 5) is 4.30. The van der Waals surface area contributed by atoms with Crippen molar-refractivity contribution in [1.82, 2.24) is 4.98 Å². The second-order valence-electron chi connectivity index (χ2n) is 6.31. The Morgan fingerprint density at radius 1 is 1.00 bits per heavy atom. The summed E-state index contributed by atoms with van der Waals surface area (Å²) in [6.45, 7) is 3.31. The van der Waals surface area contributed by atoms with E-state index in [2.05, 4.69) is 10.3 Å². The number of aromatic nitrogens is 1.